The fourth-order valence-electron chi connectivity index (χ4n) is 1.22. The Morgan fingerprint density at radius 1 is 1.41 bits per heavy atom. The van der Waals surface area contributed by atoms with Crippen LogP contribution in [0.15, 0.2) is 23.1 Å². The van der Waals surface area contributed by atoms with Gasteiger partial charge in [-0.05, 0) is 31.2 Å². The molecule has 0 saturated carbocycles. The van der Waals surface area contributed by atoms with Gasteiger partial charge in [0.1, 0.15) is 10.6 Å². The summed E-state index contributed by atoms with van der Waals surface area (Å²) < 4.78 is 31.3. The van der Waals surface area contributed by atoms with Crippen LogP contribution in [0.3, 0.4) is 0 Å². The normalized spacial score (nSPS) is 11.8. The summed E-state index contributed by atoms with van der Waals surface area (Å²) in [6, 6.07) is 4.58. The van der Waals surface area contributed by atoms with E-state index in [-0.39, 0.29) is 4.90 Å². The Labute approximate surface area is 102 Å². The van der Waals surface area contributed by atoms with E-state index < -0.39 is 10.0 Å². The molecule has 0 heterocycles. The lowest BCUT2D eigenvalue weighted by molar-refractivity contribution is 0.264. The van der Waals surface area contributed by atoms with E-state index >= 15 is 0 Å². The molecule has 0 fully saturated rings. The molecule has 1 aromatic rings. The zero-order chi connectivity index (χ0) is 13.1. The molecule has 0 atom stereocenters. The molecule has 96 valence electrons. The quantitative estimate of drug-likeness (QED) is 0.778. The molecule has 0 bridgehead atoms. The minimum Gasteiger partial charge on any atom is -0.492 e. The van der Waals surface area contributed by atoms with Gasteiger partial charge < -0.3 is 10.5 Å². The van der Waals surface area contributed by atoms with E-state index in [0.29, 0.717) is 24.0 Å². The lowest BCUT2D eigenvalue weighted by atomic mass is 10.2. The second kappa shape index (κ2) is 5.37. The van der Waals surface area contributed by atoms with E-state index in [2.05, 4.69) is 4.72 Å². The fourth-order valence-corrected chi connectivity index (χ4v) is 2.12. The second-order valence-corrected chi connectivity index (χ2v) is 5.97. The minimum atomic E-state index is -3.55. The van der Waals surface area contributed by atoms with E-state index in [1.165, 1.54) is 13.1 Å². The average Bonchev–Trinajstić information content (AvgIpc) is 2.27. The Hall–Kier alpha value is -1.27. The van der Waals surface area contributed by atoms with Crippen LogP contribution < -0.4 is 15.2 Å². The zero-order valence-corrected chi connectivity index (χ0v) is 11.0. The van der Waals surface area contributed by atoms with Gasteiger partial charge >= 0.3 is 0 Å². The summed E-state index contributed by atoms with van der Waals surface area (Å²) in [4.78, 5) is 0.0700. The monoisotopic (exact) mass is 258 g/mol. The molecule has 0 aliphatic heterocycles. The first-order valence-corrected chi connectivity index (χ1v) is 6.81. The first kappa shape index (κ1) is 13.8. The number of nitrogens with one attached hydrogen (secondary N) is 1. The number of nitrogens with two attached hydrogens (primary N) is 1. The predicted molar refractivity (Wildman–Crippen MR) is 67.4 cm³/mol. The van der Waals surface area contributed by atoms with Gasteiger partial charge in [-0.25, -0.2) is 13.1 Å². The van der Waals surface area contributed by atoms with Gasteiger partial charge in [-0.1, -0.05) is 13.8 Å². The first-order valence-electron chi connectivity index (χ1n) is 5.32. The van der Waals surface area contributed by atoms with E-state index in [9.17, 15) is 8.42 Å². The molecule has 0 amide bonds. The zero-order valence-electron chi connectivity index (χ0n) is 10.2. The maximum atomic E-state index is 11.8. The Balaban J connectivity index is 3.13. The molecule has 0 aliphatic rings. The highest BCUT2D eigenvalue weighted by atomic mass is 32.2. The average molecular weight is 258 g/mol. The molecule has 0 unspecified atom stereocenters. The third kappa shape index (κ3) is 3.61. The van der Waals surface area contributed by atoms with Crippen LogP contribution in [0.25, 0.3) is 0 Å². The number of nitrogen functional groups attached to an aromatic ring is 1. The molecule has 0 radical (unpaired) electrons. The van der Waals surface area contributed by atoms with Gasteiger partial charge in [0.2, 0.25) is 10.0 Å². The predicted octanol–water partition coefficient (Wildman–Crippen LogP) is 1.21. The van der Waals surface area contributed by atoms with Gasteiger partial charge in [-0.2, -0.15) is 0 Å². The largest absolute Gasteiger partial charge is 0.492 e. The molecule has 0 aromatic heterocycles. The third-order valence-corrected chi connectivity index (χ3v) is 3.53. The SMILES string of the molecule is CNS(=O)(=O)c1cc(N)ccc1OCC(C)C. The number of benzene rings is 1. The topological polar surface area (TPSA) is 81.4 Å². The van der Waals surface area contributed by atoms with Crippen LogP contribution in [0, 0.1) is 5.92 Å². The summed E-state index contributed by atoms with van der Waals surface area (Å²) in [6.45, 7) is 4.43. The smallest absolute Gasteiger partial charge is 0.244 e. The standard InChI is InChI=1S/C11H18N2O3S/c1-8(2)7-16-10-5-4-9(12)6-11(10)17(14,15)13-3/h4-6,8,13H,7,12H2,1-3H3. The number of rotatable bonds is 5. The number of hydrogen-bond acceptors (Lipinski definition) is 4. The number of ether oxygens (including phenoxy) is 1. The Kier molecular flexibility index (Phi) is 4.36. The molecule has 0 saturated heterocycles. The Morgan fingerprint density at radius 2 is 2.06 bits per heavy atom. The van der Waals surface area contributed by atoms with E-state index in [0.717, 1.165) is 0 Å². The van der Waals surface area contributed by atoms with Gasteiger partial charge in [0.25, 0.3) is 0 Å². The Bertz CT molecular complexity index is 483. The van der Waals surface area contributed by atoms with Crippen molar-refractivity contribution in [1.29, 1.82) is 0 Å². The van der Waals surface area contributed by atoms with Gasteiger partial charge in [0.05, 0.1) is 6.61 Å². The summed E-state index contributed by atoms with van der Waals surface area (Å²) >= 11 is 0. The van der Waals surface area contributed by atoms with Crippen molar-refractivity contribution in [2.45, 2.75) is 18.7 Å². The highest BCUT2D eigenvalue weighted by Crippen LogP contribution is 2.26. The van der Waals surface area contributed by atoms with Crippen molar-refractivity contribution in [3.63, 3.8) is 0 Å². The minimum absolute atomic E-state index is 0.0700. The number of sulfonamides is 1. The van der Waals surface area contributed by atoms with Crippen molar-refractivity contribution in [3.8, 4) is 5.75 Å². The molecule has 0 spiro atoms. The van der Waals surface area contributed by atoms with Crippen molar-refractivity contribution in [3.05, 3.63) is 18.2 Å². The van der Waals surface area contributed by atoms with Gasteiger partial charge in [-0.15, -0.1) is 0 Å². The molecular weight excluding hydrogens is 240 g/mol. The number of anilines is 1. The van der Waals surface area contributed by atoms with Crippen LogP contribution in [-0.4, -0.2) is 22.1 Å². The summed E-state index contributed by atoms with van der Waals surface area (Å²) in [6.07, 6.45) is 0. The van der Waals surface area contributed by atoms with E-state index in [4.69, 9.17) is 10.5 Å². The summed E-state index contributed by atoms with van der Waals surface area (Å²) in [5, 5.41) is 0. The molecule has 6 heteroatoms. The van der Waals surface area contributed by atoms with Crippen LogP contribution in [0.2, 0.25) is 0 Å². The van der Waals surface area contributed by atoms with Crippen LogP contribution in [0.5, 0.6) is 5.75 Å². The highest BCUT2D eigenvalue weighted by molar-refractivity contribution is 7.89. The summed E-state index contributed by atoms with van der Waals surface area (Å²) in [5.74, 6) is 0.639. The third-order valence-electron chi connectivity index (χ3n) is 2.10. The molecule has 1 aromatic carbocycles. The van der Waals surface area contributed by atoms with Crippen LogP contribution >= 0.6 is 0 Å². The van der Waals surface area contributed by atoms with Crippen molar-refractivity contribution < 1.29 is 13.2 Å². The Morgan fingerprint density at radius 3 is 2.59 bits per heavy atom. The maximum absolute atomic E-state index is 11.8. The van der Waals surface area contributed by atoms with Crippen LogP contribution in [0.1, 0.15) is 13.8 Å². The first-order chi connectivity index (χ1) is 7.86. The van der Waals surface area contributed by atoms with Crippen LogP contribution in [0.4, 0.5) is 5.69 Å². The molecule has 3 N–H and O–H groups in total. The lowest BCUT2D eigenvalue weighted by Gasteiger charge is -2.13. The van der Waals surface area contributed by atoms with Crippen molar-refractivity contribution in [2.75, 3.05) is 19.4 Å². The van der Waals surface area contributed by atoms with Gasteiger partial charge in [0, 0.05) is 5.69 Å². The van der Waals surface area contributed by atoms with Crippen molar-refractivity contribution in [1.82, 2.24) is 4.72 Å². The van der Waals surface area contributed by atoms with Gasteiger partial charge in [-0.3, -0.25) is 0 Å². The molecule has 5 nitrogen and oxygen atoms in total. The van der Waals surface area contributed by atoms with Crippen molar-refractivity contribution in [2.24, 2.45) is 5.92 Å². The fraction of sp³-hybridized carbons (Fsp3) is 0.455. The van der Waals surface area contributed by atoms with E-state index in [1.807, 2.05) is 13.8 Å². The summed E-state index contributed by atoms with van der Waals surface area (Å²) in [7, 11) is -2.20. The van der Waals surface area contributed by atoms with E-state index in [1.54, 1.807) is 12.1 Å². The maximum Gasteiger partial charge on any atom is 0.244 e. The van der Waals surface area contributed by atoms with Crippen LogP contribution in [-0.2, 0) is 10.0 Å². The highest BCUT2D eigenvalue weighted by Gasteiger charge is 2.18. The molecule has 0 aliphatic carbocycles. The lowest BCUT2D eigenvalue weighted by Crippen LogP contribution is -2.20. The van der Waals surface area contributed by atoms with Crippen molar-refractivity contribution >= 4 is 15.7 Å². The molecule has 1 rings (SSSR count). The molecular formula is C11H18N2O3S. The summed E-state index contributed by atoms with van der Waals surface area (Å²) in [5.41, 5.74) is 5.97. The van der Waals surface area contributed by atoms with Gasteiger partial charge in [0.15, 0.2) is 0 Å². The molecule has 17 heavy (non-hydrogen) atoms. The second-order valence-electron chi connectivity index (χ2n) is 4.12. The number of hydrogen-bond donors (Lipinski definition) is 2.